The molecule has 1 aliphatic rings. The first-order valence-electron chi connectivity index (χ1n) is 5.76. The van der Waals surface area contributed by atoms with Gasteiger partial charge in [0.1, 0.15) is 0 Å². The number of hydrogen-bond acceptors (Lipinski definition) is 3. The van der Waals surface area contributed by atoms with E-state index in [2.05, 4.69) is 27.5 Å². The molecule has 1 unspecified atom stereocenters. The van der Waals surface area contributed by atoms with Crippen molar-refractivity contribution in [1.29, 1.82) is 0 Å². The van der Waals surface area contributed by atoms with E-state index in [1.165, 1.54) is 17.3 Å². The van der Waals surface area contributed by atoms with Crippen LogP contribution in [0.2, 0.25) is 0 Å². The first kappa shape index (κ1) is 12.6. The molecule has 0 N–H and O–H groups in total. The Labute approximate surface area is 114 Å². The van der Waals surface area contributed by atoms with Gasteiger partial charge in [-0.05, 0) is 35.3 Å². The standard InChI is InChI=1S/C12H15IN2O2/c13-7-5-10-6-8-14(9-10)11-1-3-12(4-2-11)15(16)17/h1-4,10H,5-9H2. The molecule has 4 nitrogen and oxygen atoms in total. The zero-order valence-electron chi connectivity index (χ0n) is 9.51. The average molecular weight is 346 g/mol. The van der Waals surface area contributed by atoms with Crippen LogP contribution in [0.15, 0.2) is 24.3 Å². The van der Waals surface area contributed by atoms with E-state index in [9.17, 15) is 10.1 Å². The average Bonchev–Trinajstić information content (AvgIpc) is 2.78. The zero-order chi connectivity index (χ0) is 12.3. The fourth-order valence-electron chi connectivity index (χ4n) is 2.24. The van der Waals surface area contributed by atoms with Crippen molar-refractivity contribution in [3.05, 3.63) is 34.4 Å². The molecule has 0 spiro atoms. The molecule has 2 rings (SSSR count). The van der Waals surface area contributed by atoms with Crippen LogP contribution in [0.1, 0.15) is 12.8 Å². The van der Waals surface area contributed by atoms with Crippen LogP contribution in [0.5, 0.6) is 0 Å². The molecule has 1 aliphatic heterocycles. The molecule has 0 bridgehead atoms. The number of rotatable bonds is 4. The van der Waals surface area contributed by atoms with Crippen LogP contribution in [-0.4, -0.2) is 22.4 Å². The lowest BCUT2D eigenvalue weighted by molar-refractivity contribution is -0.384. The highest BCUT2D eigenvalue weighted by Crippen LogP contribution is 2.27. The maximum absolute atomic E-state index is 10.6. The van der Waals surface area contributed by atoms with Crippen LogP contribution in [0, 0.1) is 16.0 Å². The molecule has 0 aromatic heterocycles. The number of hydrogen-bond donors (Lipinski definition) is 0. The molecule has 1 atom stereocenters. The Morgan fingerprint density at radius 1 is 1.41 bits per heavy atom. The van der Waals surface area contributed by atoms with E-state index in [0.717, 1.165) is 24.7 Å². The SMILES string of the molecule is O=[N+]([O-])c1ccc(N2CCC(CCI)C2)cc1. The number of benzene rings is 1. The van der Waals surface area contributed by atoms with E-state index in [-0.39, 0.29) is 10.6 Å². The summed E-state index contributed by atoms with van der Waals surface area (Å²) in [6, 6.07) is 6.87. The lowest BCUT2D eigenvalue weighted by Crippen LogP contribution is -2.19. The van der Waals surface area contributed by atoms with Gasteiger partial charge in [0.25, 0.3) is 5.69 Å². The highest BCUT2D eigenvalue weighted by atomic mass is 127. The Bertz CT molecular complexity index is 394. The van der Waals surface area contributed by atoms with Crippen molar-refractivity contribution < 1.29 is 4.92 Å². The lowest BCUT2D eigenvalue weighted by atomic mass is 10.1. The summed E-state index contributed by atoms with van der Waals surface area (Å²) in [5, 5.41) is 10.6. The van der Waals surface area contributed by atoms with Crippen LogP contribution in [-0.2, 0) is 0 Å². The molecule has 5 heteroatoms. The van der Waals surface area contributed by atoms with Gasteiger partial charge >= 0.3 is 0 Å². The monoisotopic (exact) mass is 346 g/mol. The molecule has 0 amide bonds. The van der Waals surface area contributed by atoms with Crippen LogP contribution in [0.25, 0.3) is 0 Å². The van der Waals surface area contributed by atoms with Crippen molar-refractivity contribution >= 4 is 34.0 Å². The van der Waals surface area contributed by atoms with Gasteiger partial charge in [-0.3, -0.25) is 10.1 Å². The van der Waals surface area contributed by atoms with Crippen molar-refractivity contribution in [2.45, 2.75) is 12.8 Å². The van der Waals surface area contributed by atoms with Crippen LogP contribution < -0.4 is 4.90 Å². The number of nitrogens with zero attached hydrogens (tertiary/aromatic N) is 2. The third kappa shape index (κ3) is 3.08. The summed E-state index contributed by atoms with van der Waals surface area (Å²) in [7, 11) is 0. The molecule has 92 valence electrons. The number of halogens is 1. The molecule has 1 fully saturated rings. The second kappa shape index (κ2) is 5.66. The fraction of sp³-hybridized carbons (Fsp3) is 0.500. The largest absolute Gasteiger partial charge is 0.371 e. The van der Waals surface area contributed by atoms with Crippen molar-refractivity contribution in [2.75, 3.05) is 22.4 Å². The van der Waals surface area contributed by atoms with Crippen molar-refractivity contribution in [2.24, 2.45) is 5.92 Å². The minimum Gasteiger partial charge on any atom is -0.371 e. The van der Waals surface area contributed by atoms with E-state index in [1.54, 1.807) is 12.1 Å². The quantitative estimate of drug-likeness (QED) is 0.364. The molecule has 0 aliphatic carbocycles. The van der Waals surface area contributed by atoms with Crippen molar-refractivity contribution in [3.63, 3.8) is 0 Å². The van der Waals surface area contributed by atoms with Crippen LogP contribution in [0.4, 0.5) is 11.4 Å². The Morgan fingerprint density at radius 3 is 2.71 bits per heavy atom. The molecule has 0 saturated carbocycles. The maximum atomic E-state index is 10.6. The second-order valence-corrected chi connectivity index (χ2v) is 5.43. The molecular weight excluding hydrogens is 331 g/mol. The summed E-state index contributed by atoms with van der Waals surface area (Å²) in [6.07, 6.45) is 2.50. The van der Waals surface area contributed by atoms with Crippen molar-refractivity contribution in [1.82, 2.24) is 0 Å². The van der Waals surface area contributed by atoms with E-state index in [4.69, 9.17) is 0 Å². The summed E-state index contributed by atoms with van der Waals surface area (Å²) < 4.78 is 1.20. The molecule has 1 saturated heterocycles. The minimum absolute atomic E-state index is 0.164. The zero-order valence-corrected chi connectivity index (χ0v) is 11.7. The topological polar surface area (TPSA) is 46.4 Å². The predicted molar refractivity (Wildman–Crippen MR) is 76.9 cm³/mol. The number of nitro benzene ring substituents is 1. The molecule has 1 heterocycles. The summed E-state index contributed by atoms with van der Waals surface area (Å²) in [6.45, 7) is 2.15. The number of anilines is 1. The van der Waals surface area contributed by atoms with Gasteiger partial charge in [0, 0.05) is 30.9 Å². The van der Waals surface area contributed by atoms with Gasteiger partial charge in [0.15, 0.2) is 0 Å². The first-order valence-corrected chi connectivity index (χ1v) is 7.28. The molecule has 1 aromatic rings. The van der Waals surface area contributed by atoms with E-state index in [1.807, 2.05) is 12.1 Å². The van der Waals surface area contributed by atoms with E-state index < -0.39 is 0 Å². The van der Waals surface area contributed by atoms with Gasteiger partial charge in [-0.1, -0.05) is 22.6 Å². The third-order valence-electron chi connectivity index (χ3n) is 3.23. The molecular formula is C12H15IN2O2. The predicted octanol–water partition coefficient (Wildman–Crippen LogP) is 3.25. The number of non-ortho nitro benzene ring substituents is 1. The van der Waals surface area contributed by atoms with E-state index >= 15 is 0 Å². The smallest absolute Gasteiger partial charge is 0.269 e. The Balaban J connectivity index is 2.01. The Kier molecular flexibility index (Phi) is 4.20. The Morgan fingerprint density at radius 2 is 2.12 bits per heavy atom. The van der Waals surface area contributed by atoms with Gasteiger partial charge in [-0.25, -0.2) is 0 Å². The second-order valence-electron chi connectivity index (χ2n) is 4.35. The van der Waals surface area contributed by atoms with Gasteiger partial charge in [0.05, 0.1) is 4.92 Å². The molecule has 0 radical (unpaired) electrons. The molecule has 17 heavy (non-hydrogen) atoms. The highest BCUT2D eigenvalue weighted by molar-refractivity contribution is 14.1. The maximum Gasteiger partial charge on any atom is 0.269 e. The third-order valence-corrected chi connectivity index (χ3v) is 3.85. The van der Waals surface area contributed by atoms with Crippen LogP contribution in [0.3, 0.4) is 0 Å². The summed E-state index contributed by atoms with van der Waals surface area (Å²) in [4.78, 5) is 12.5. The fourth-order valence-corrected chi connectivity index (χ4v) is 3.12. The highest BCUT2D eigenvalue weighted by Gasteiger charge is 2.22. The van der Waals surface area contributed by atoms with Crippen LogP contribution >= 0.6 is 22.6 Å². The van der Waals surface area contributed by atoms with Gasteiger partial charge in [-0.2, -0.15) is 0 Å². The molecule has 1 aromatic carbocycles. The summed E-state index contributed by atoms with van der Waals surface area (Å²) in [5.74, 6) is 0.780. The Hall–Kier alpha value is -0.850. The van der Waals surface area contributed by atoms with Gasteiger partial charge in [-0.15, -0.1) is 0 Å². The summed E-state index contributed by atoms with van der Waals surface area (Å²) in [5.41, 5.74) is 1.27. The lowest BCUT2D eigenvalue weighted by Gasteiger charge is -2.18. The number of alkyl halides is 1. The summed E-state index contributed by atoms with van der Waals surface area (Å²) >= 11 is 2.42. The normalized spacial score (nSPS) is 19.6. The first-order chi connectivity index (χ1) is 8.20. The van der Waals surface area contributed by atoms with Gasteiger partial charge < -0.3 is 4.90 Å². The minimum atomic E-state index is -0.355. The number of nitro groups is 1. The van der Waals surface area contributed by atoms with E-state index in [0.29, 0.717) is 0 Å². The van der Waals surface area contributed by atoms with Crippen molar-refractivity contribution in [3.8, 4) is 0 Å². The van der Waals surface area contributed by atoms with Gasteiger partial charge in [0.2, 0.25) is 0 Å².